The van der Waals surface area contributed by atoms with Crippen molar-refractivity contribution < 1.29 is 22.7 Å². The maximum atomic E-state index is 12.5. The Bertz CT molecular complexity index is 997. The highest BCUT2D eigenvalue weighted by atomic mass is 32.2. The molecule has 1 aromatic heterocycles. The summed E-state index contributed by atoms with van der Waals surface area (Å²) in [6.07, 6.45) is 4.19. The van der Waals surface area contributed by atoms with Crippen LogP contribution in [0, 0.1) is 0 Å². The average Bonchev–Trinajstić information content (AvgIpc) is 3.17. The molecule has 0 radical (unpaired) electrons. The van der Waals surface area contributed by atoms with E-state index in [0.717, 1.165) is 29.7 Å². The van der Waals surface area contributed by atoms with Crippen LogP contribution in [-0.2, 0) is 33.8 Å². The molecule has 0 spiro atoms. The second-order valence-corrected chi connectivity index (χ2v) is 9.95. The Labute approximate surface area is 180 Å². The number of ether oxygens (including phenoxy) is 1. The molecule has 162 valence electrons. The van der Waals surface area contributed by atoms with Crippen LogP contribution in [0.3, 0.4) is 0 Å². The number of carbonyl (C=O) groups is 2. The molecule has 0 saturated heterocycles. The predicted molar refractivity (Wildman–Crippen MR) is 116 cm³/mol. The number of nitrogens with one attached hydrogen (secondary N) is 2. The molecule has 7 nitrogen and oxygen atoms in total. The van der Waals surface area contributed by atoms with E-state index in [9.17, 15) is 18.0 Å². The second-order valence-electron chi connectivity index (χ2n) is 7.08. The van der Waals surface area contributed by atoms with Crippen molar-refractivity contribution in [3.63, 3.8) is 0 Å². The summed E-state index contributed by atoms with van der Waals surface area (Å²) in [4.78, 5) is 24.7. The lowest BCUT2D eigenvalue weighted by Gasteiger charge is -2.13. The highest BCUT2D eigenvalue weighted by Gasteiger charge is 2.20. The monoisotopic (exact) mass is 450 g/mol. The zero-order valence-electron chi connectivity index (χ0n) is 16.9. The smallest absolute Gasteiger partial charge is 0.407 e. The molecule has 3 rings (SSSR count). The van der Waals surface area contributed by atoms with Gasteiger partial charge in [0.1, 0.15) is 5.88 Å². The first kappa shape index (κ1) is 22.3. The summed E-state index contributed by atoms with van der Waals surface area (Å²) in [6.45, 7) is 2.29. The van der Waals surface area contributed by atoms with E-state index in [2.05, 4.69) is 20.8 Å². The minimum Gasteiger partial charge on any atom is -0.450 e. The number of aryl methyl sites for hydroxylation is 1. The Morgan fingerprint density at radius 2 is 1.83 bits per heavy atom. The first-order valence-corrected chi connectivity index (χ1v) is 12.5. The molecule has 0 fully saturated rings. The molecule has 2 aromatic rings. The van der Waals surface area contributed by atoms with E-state index in [1.165, 1.54) is 41.0 Å². The maximum Gasteiger partial charge on any atom is 0.407 e. The zero-order valence-corrected chi connectivity index (χ0v) is 18.5. The molecule has 30 heavy (non-hydrogen) atoms. The van der Waals surface area contributed by atoms with Gasteiger partial charge in [0.15, 0.2) is 9.84 Å². The van der Waals surface area contributed by atoms with Crippen molar-refractivity contribution in [1.29, 1.82) is 0 Å². The van der Waals surface area contributed by atoms with Gasteiger partial charge in [-0.1, -0.05) is 12.1 Å². The maximum absolute atomic E-state index is 12.5. The van der Waals surface area contributed by atoms with Gasteiger partial charge in [-0.2, -0.15) is 0 Å². The highest BCUT2D eigenvalue weighted by Crippen LogP contribution is 2.29. The summed E-state index contributed by atoms with van der Waals surface area (Å²) >= 11 is 1.52. The van der Waals surface area contributed by atoms with Crippen LogP contribution in [0.25, 0.3) is 0 Å². The van der Waals surface area contributed by atoms with Crippen molar-refractivity contribution in [2.75, 3.05) is 19.0 Å². The lowest BCUT2D eigenvalue weighted by atomic mass is 9.94. The van der Waals surface area contributed by atoms with Crippen molar-refractivity contribution in [3.8, 4) is 0 Å². The van der Waals surface area contributed by atoms with Gasteiger partial charge in [0.2, 0.25) is 0 Å². The number of alkyl carbamates (subject to hydrolysis) is 1. The van der Waals surface area contributed by atoms with Gasteiger partial charge in [-0.15, -0.1) is 11.3 Å². The Balaban J connectivity index is 1.50. The molecule has 0 unspecified atom stereocenters. The number of hydrogen-bond donors (Lipinski definition) is 2. The molecule has 1 aromatic carbocycles. The molecular formula is C21H26N2O5S2. The fourth-order valence-corrected chi connectivity index (χ4v) is 5.49. The molecule has 1 aliphatic carbocycles. The molecular weight excluding hydrogens is 424 g/mol. The molecule has 0 aliphatic heterocycles. The van der Waals surface area contributed by atoms with Gasteiger partial charge in [-0.3, -0.25) is 4.79 Å². The van der Waals surface area contributed by atoms with Crippen LogP contribution in [0.2, 0.25) is 0 Å². The minimum absolute atomic E-state index is 0.0348. The number of sulfone groups is 1. The standard InChI is InChI=1S/C21H26N2O5S2/c1-2-28-21(25)23-14-30(26,27)17-9-7-15(8-10-17)11-12-22-20(24)19-18-6-4-3-5-16(18)13-29-19/h7-10,13H,2-6,11-12,14H2,1H3,(H,22,24)(H,23,25). The second kappa shape index (κ2) is 10.1. The zero-order chi connectivity index (χ0) is 21.6. The first-order valence-electron chi connectivity index (χ1n) is 10.0. The van der Waals surface area contributed by atoms with Crippen LogP contribution in [0.5, 0.6) is 0 Å². The Morgan fingerprint density at radius 1 is 1.10 bits per heavy atom. The van der Waals surface area contributed by atoms with E-state index < -0.39 is 21.8 Å². The van der Waals surface area contributed by atoms with Gasteiger partial charge in [0.05, 0.1) is 16.4 Å². The number of hydrogen-bond acceptors (Lipinski definition) is 6. The number of thiophene rings is 1. The van der Waals surface area contributed by atoms with Gasteiger partial charge in [-0.25, -0.2) is 13.2 Å². The Morgan fingerprint density at radius 3 is 2.57 bits per heavy atom. The van der Waals surface area contributed by atoms with Gasteiger partial charge in [0, 0.05) is 6.54 Å². The average molecular weight is 451 g/mol. The minimum atomic E-state index is -3.64. The summed E-state index contributed by atoms with van der Waals surface area (Å²) < 4.78 is 29.2. The van der Waals surface area contributed by atoms with Crippen LogP contribution in [-0.4, -0.2) is 39.4 Å². The largest absolute Gasteiger partial charge is 0.450 e. The van der Waals surface area contributed by atoms with Crippen molar-refractivity contribution in [2.45, 2.75) is 43.9 Å². The third-order valence-electron chi connectivity index (χ3n) is 4.97. The third kappa shape index (κ3) is 5.60. The Kier molecular flexibility index (Phi) is 7.49. The molecule has 0 saturated carbocycles. The van der Waals surface area contributed by atoms with Crippen molar-refractivity contribution in [1.82, 2.24) is 10.6 Å². The van der Waals surface area contributed by atoms with Crippen LogP contribution in [0.4, 0.5) is 4.79 Å². The van der Waals surface area contributed by atoms with E-state index in [4.69, 9.17) is 0 Å². The van der Waals surface area contributed by atoms with Gasteiger partial charge < -0.3 is 15.4 Å². The summed E-state index contributed by atoms with van der Waals surface area (Å²) in [7, 11) is -3.64. The first-order chi connectivity index (χ1) is 14.4. The molecule has 1 aliphatic rings. The van der Waals surface area contributed by atoms with Gasteiger partial charge in [0.25, 0.3) is 5.91 Å². The molecule has 2 amide bonds. The Hall–Kier alpha value is -2.39. The molecule has 9 heteroatoms. The lowest BCUT2D eigenvalue weighted by Crippen LogP contribution is -2.30. The molecule has 0 atom stereocenters. The third-order valence-corrected chi connectivity index (χ3v) is 7.56. The van der Waals surface area contributed by atoms with Crippen LogP contribution >= 0.6 is 11.3 Å². The summed E-state index contributed by atoms with van der Waals surface area (Å²) in [6, 6.07) is 6.46. The number of amides is 2. The van der Waals surface area contributed by atoms with Gasteiger partial charge in [-0.05, 0) is 73.2 Å². The van der Waals surface area contributed by atoms with E-state index in [1.54, 1.807) is 19.1 Å². The predicted octanol–water partition coefficient (Wildman–Crippen LogP) is 3.08. The van der Waals surface area contributed by atoms with Crippen molar-refractivity contribution in [3.05, 3.63) is 51.2 Å². The van der Waals surface area contributed by atoms with Crippen LogP contribution in [0.15, 0.2) is 34.5 Å². The van der Waals surface area contributed by atoms with Gasteiger partial charge >= 0.3 is 6.09 Å². The van der Waals surface area contributed by atoms with E-state index in [1.807, 2.05) is 0 Å². The van der Waals surface area contributed by atoms with Crippen molar-refractivity contribution in [2.24, 2.45) is 0 Å². The summed E-state index contributed by atoms with van der Waals surface area (Å²) in [5.74, 6) is -0.556. The topological polar surface area (TPSA) is 102 Å². The van der Waals surface area contributed by atoms with Crippen LogP contribution < -0.4 is 10.6 Å². The number of rotatable bonds is 8. The highest BCUT2D eigenvalue weighted by molar-refractivity contribution is 7.91. The SMILES string of the molecule is CCOC(=O)NCS(=O)(=O)c1ccc(CCNC(=O)c2scc3c2CCCC3)cc1. The van der Waals surface area contributed by atoms with Crippen molar-refractivity contribution >= 4 is 33.2 Å². The summed E-state index contributed by atoms with van der Waals surface area (Å²) in [5, 5.41) is 7.28. The quantitative estimate of drug-likeness (QED) is 0.644. The number of benzene rings is 1. The fourth-order valence-electron chi connectivity index (χ4n) is 3.39. The van der Waals surface area contributed by atoms with E-state index in [-0.39, 0.29) is 17.4 Å². The number of fused-ring (bicyclic) bond motifs is 1. The van der Waals surface area contributed by atoms with Crippen LogP contribution in [0.1, 0.15) is 46.1 Å². The van der Waals surface area contributed by atoms with E-state index >= 15 is 0 Å². The lowest BCUT2D eigenvalue weighted by molar-refractivity contribution is 0.0957. The fraction of sp³-hybridized carbons (Fsp3) is 0.429. The molecule has 0 bridgehead atoms. The molecule has 1 heterocycles. The van der Waals surface area contributed by atoms with E-state index in [0.29, 0.717) is 13.0 Å². The molecule has 2 N–H and O–H groups in total. The normalized spacial score (nSPS) is 13.4. The number of carbonyl (C=O) groups excluding carboxylic acids is 2. The summed E-state index contributed by atoms with van der Waals surface area (Å²) in [5.41, 5.74) is 3.43.